The number of carbonyl (C=O) groups is 1. The monoisotopic (exact) mass is 335 g/mol. The summed E-state index contributed by atoms with van der Waals surface area (Å²) >= 11 is 0. The SMILES string of the molecule is C[C@@H]1CN(c2ccccc2NC(=O)N[C@H](C)[C@H](C)CO)C[C@H](C)O1. The summed E-state index contributed by atoms with van der Waals surface area (Å²) in [6, 6.07) is 7.43. The second kappa shape index (κ2) is 8.35. The Morgan fingerprint density at radius 3 is 2.54 bits per heavy atom. The Morgan fingerprint density at radius 2 is 1.92 bits per heavy atom. The summed E-state index contributed by atoms with van der Waals surface area (Å²) in [4.78, 5) is 14.5. The van der Waals surface area contributed by atoms with Crippen LogP contribution < -0.4 is 15.5 Å². The average Bonchev–Trinajstić information content (AvgIpc) is 2.53. The summed E-state index contributed by atoms with van der Waals surface area (Å²) in [7, 11) is 0. The van der Waals surface area contributed by atoms with E-state index < -0.39 is 0 Å². The molecule has 0 spiro atoms. The quantitative estimate of drug-likeness (QED) is 0.773. The fourth-order valence-corrected chi connectivity index (χ4v) is 2.90. The highest BCUT2D eigenvalue weighted by molar-refractivity contribution is 5.93. The molecule has 0 unspecified atom stereocenters. The molecule has 1 heterocycles. The number of anilines is 2. The number of hydrogen-bond acceptors (Lipinski definition) is 4. The zero-order valence-electron chi connectivity index (χ0n) is 15.0. The number of morpholine rings is 1. The van der Waals surface area contributed by atoms with Crippen molar-refractivity contribution in [2.45, 2.75) is 45.9 Å². The van der Waals surface area contributed by atoms with E-state index >= 15 is 0 Å². The minimum atomic E-state index is -0.260. The van der Waals surface area contributed by atoms with Gasteiger partial charge in [-0.2, -0.15) is 0 Å². The van der Waals surface area contributed by atoms with Crippen LogP contribution in [0.5, 0.6) is 0 Å². The maximum Gasteiger partial charge on any atom is 0.319 e. The summed E-state index contributed by atoms with van der Waals surface area (Å²) < 4.78 is 5.79. The minimum Gasteiger partial charge on any atom is -0.396 e. The zero-order valence-corrected chi connectivity index (χ0v) is 15.0. The number of para-hydroxylation sites is 2. The Kier molecular flexibility index (Phi) is 6.45. The number of rotatable bonds is 5. The van der Waals surface area contributed by atoms with Crippen LogP contribution in [0.1, 0.15) is 27.7 Å². The molecule has 3 N–H and O–H groups in total. The molecule has 0 saturated carbocycles. The summed E-state index contributed by atoms with van der Waals surface area (Å²) in [5, 5.41) is 15.0. The van der Waals surface area contributed by atoms with Gasteiger partial charge < -0.3 is 25.4 Å². The predicted octanol–water partition coefficient (Wildman–Crippen LogP) is 2.44. The lowest BCUT2D eigenvalue weighted by atomic mass is 10.1. The van der Waals surface area contributed by atoms with E-state index in [0.717, 1.165) is 24.5 Å². The van der Waals surface area contributed by atoms with E-state index in [-0.39, 0.29) is 36.8 Å². The molecular formula is C18H29N3O3. The maximum absolute atomic E-state index is 12.3. The number of aliphatic hydroxyl groups excluding tert-OH is 1. The molecule has 1 aliphatic heterocycles. The summed E-state index contributed by atoms with van der Waals surface area (Å²) in [5.41, 5.74) is 1.78. The maximum atomic E-state index is 12.3. The molecule has 1 fully saturated rings. The number of nitrogens with zero attached hydrogens (tertiary/aromatic N) is 1. The molecule has 0 aliphatic carbocycles. The molecular weight excluding hydrogens is 306 g/mol. The highest BCUT2D eigenvalue weighted by Gasteiger charge is 2.24. The second-order valence-corrected chi connectivity index (χ2v) is 6.73. The summed E-state index contributed by atoms with van der Waals surface area (Å²) in [6.07, 6.45) is 0.308. The number of hydrogen-bond donors (Lipinski definition) is 3. The second-order valence-electron chi connectivity index (χ2n) is 6.73. The first kappa shape index (κ1) is 18.5. The molecule has 6 nitrogen and oxygen atoms in total. The zero-order chi connectivity index (χ0) is 17.7. The van der Waals surface area contributed by atoms with Crippen molar-refractivity contribution in [1.82, 2.24) is 5.32 Å². The van der Waals surface area contributed by atoms with Crippen molar-refractivity contribution in [2.24, 2.45) is 5.92 Å². The molecule has 0 bridgehead atoms. The molecule has 4 atom stereocenters. The van der Waals surface area contributed by atoms with E-state index in [2.05, 4.69) is 29.4 Å². The first-order valence-electron chi connectivity index (χ1n) is 8.58. The van der Waals surface area contributed by atoms with E-state index in [0.29, 0.717) is 0 Å². The van der Waals surface area contributed by atoms with Crippen LogP contribution in [0.25, 0.3) is 0 Å². The lowest BCUT2D eigenvalue weighted by Crippen LogP contribution is -2.46. The normalized spacial score (nSPS) is 23.5. The van der Waals surface area contributed by atoms with E-state index in [1.54, 1.807) is 0 Å². The summed E-state index contributed by atoms with van der Waals surface area (Å²) in [5.74, 6) is 0.00642. The lowest BCUT2D eigenvalue weighted by Gasteiger charge is -2.37. The van der Waals surface area contributed by atoms with Crippen LogP contribution in [0.3, 0.4) is 0 Å². The van der Waals surface area contributed by atoms with E-state index in [4.69, 9.17) is 4.74 Å². The van der Waals surface area contributed by atoms with Gasteiger partial charge in [0.15, 0.2) is 0 Å². The number of urea groups is 1. The van der Waals surface area contributed by atoms with Gasteiger partial charge in [-0.15, -0.1) is 0 Å². The Hall–Kier alpha value is -1.79. The molecule has 134 valence electrons. The first-order chi connectivity index (χ1) is 11.4. The highest BCUT2D eigenvalue weighted by atomic mass is 16.5. The number of benzene rings is 1. The van der Waals surface area contributed by atoms with Crippen LogP contribution in [-0.2, 0) is 4.74 Å². The van der Waals surface area contributed by atoms with E-state index in [9.17, 15) is 9.90 Å². The molecule has 0 aromatic heterocycles. The van der Waals surface area contributed by atoms with Crippen LogP contribution in [0.15, 0.2) is 24.3 Å². The molecule has 1 saturated heterocycles. The van der Waals surface area contributed by atoms with Gasteiger partial charge in [-0.25, -0.2) is 4.79 Å². The van der Waals surface area contributed by atoms with Gasteiger partial charge in [-0.1, -0.05) is 19.1 Å². The molecule has 0 radical (unpaired) electrons. The number of ether oxygens (including phenoxy) is 1. The van der Waals surface area contributed by atoms with Crippen LogP contribution >= 0.6 is 0 Å². The lowest BCUT2D eigenvalue weighted by molar-refractivity contribution is -0.00517. The third-order valence-electron chi connectivity index (χ3n) is 4.41. The average molecular weight is 335 g/mol. The number of nitrogens with one attached hydrogen (secondary N) is 2. The molecule has 1 aromatic carbocycles. The topological polar surface area (TPSA) is 73.8 Å². The number of carbonyl (C=O) groups excluding carboxylic acids is 1. The smallest absolute Gasteiger partial charge is 0.319 e. The molecule has 6 heteroatoms. The standard InChI is InChI=1S/C18H29N3O3/c1-12(11-22)15(4)19-18(23)20-16-7-5-6-8-17(16)21-9-13(2)24-14(3)10-21/h5-8,12-15,22H,9-11H2,1-4H3,(H2,19,20,23)/t12-,13-,14+,15-/m1/s1. The largest absolute Gasteiger partial charge is 0.396 e. The number of aliphatic hydroxyl groups is 1. The van der Waals surface area contributed by atoms with Crippen LogP contribution in [0.4, 0.5) is 16.2 Å². The van der Waals surface area contributed by atoms with Crippen molar-refractivity contribution in [2.75, 3.05) is 29.9 Å². The van der Waals surface area contributed by atoms with Crippen molar-refractivity contribution in [3.63, 3.8) is 0 Å². The van der Waals surface area contributed by atoms with Gasteiger partial charge in [0.2, 0.25) is 0 Å². The molecule has 24 heavy (non-hydrogen) atoms. The Balaban J connectivity index is 2.07. The Labute approximate surface area is 144 Å². The Bertz CT molecular complexity index is 542. The van der Waals surface area contributed by atoms with Crippen molar-refractivity contribution in [3.8, 4) is 0 Å². The van der Waals surface area contributed by atoms with Gasteiger partial charge >= 0.3 is 6.03 Å². The molecule has 1 aromatic rings. The third-order valence-corrected chi connectivity index (χ3v) is 4.41. The van der Waals surface area contributed by atoms with Gasteiger partial charge in [-0.3, -0.25) is 0 Å². The predicted molar refractivity (Wildman–Crippen MR) is 96.5 cm³/mol. The fourth-order valence-electron chi connectivity index (χ4n) is 2.90. The van der Waals surface area contributed by atoms with Gasteiger partial charge in [0.1, 0.15) is 0 Å². The summed E-state index contributed by atoms with van der Waals surface area (Å²) in [6.45, 7) is 9.53. The molecule has 1 aliphatic rings. The molecule has 2 amide bonds. The van der Waals surface area contributed by atoms with Crippen LogP contribution in [0.2, 0.25) is 0 Å². The first-order valence-corrected chi connectivity index (χ1v) is 8.58. The highest BCUT2D eigenvalue weighted by Crippen LogP contribution is 2.28. The van der Waals surface area contributed by atoms with E-state index in [1.807, 2.05) is 38.1 Å². The van der Waals surface area contributed by atoms with Crippen LogP contribution in [0, 0.1) is 5.92 Å². The van der Waals surface area contributed by atoms with E-state index in [1.165, 1.54) is 0 Å². The van der Waals surface area contributed by atoms with Gasteiger partial charge in [-0.05, 0) is 38.8 Å². The van der Waals surface area contributed by atoms with Gasteiger partial charge in [0.25, 0.3) is 0 Å². The molecule has 2 rings (SSSR count). The van der Waals surface area contributed by atoms with Crippen molar-refractivity contribution >= 4 is 17.4 Å². The van der Waals surface area contributed by atoms with Crippen molar-refractivity contribution in [3.05, 3.63) is 24.3 Å². The minimum absolute atomic E-state index is 0.00642. The number of amides is 2. The fraction of sp³-hybridized carbons (Fsp3) is 0.611. The van der Waals surface area contributed by atoms with Crippen molar-refractivity contribution in [1.29, 1.82) is 0 Å². The van der Waals surface area contributed by atoms with Gasteiger partial charge in [0, 0.05) is 25.7 Å². The Morgan fingerprint density at radius 1 is 1.29 bits per heavy atom. The van der Waals surface area contributed by atoms with Crippen LogP contribution in [-0.4, -0.2) is 49.1 Å². The third kappa shape index (κ3) is 4.85. The van der Waals surface area contributed by atoms with Gasteiger partial charge in [0.05, 0.1) is 23.6 Å². The van der Waals surface area contributed by atoms with Crippen molar-refractivity contribution < 1.29 is 14.6 Å².